The van der Waals surface area contributed by atoms with Gasteiger partial charge in [-0.1, -0.05) is 19.9 Å². The van der Waals surface area contributed by atoms with Crippen molar-refractivity contribution in [3.8, 4) is 0 Å². The first-order valence-electron chi connectivity index (χ1n) is 7.07. The number of Topliss-reactive ketones (excluding diaryl/α,β-unsaturated/α-hetero) is 1. The molecule has 4 atom stereocenters. The molecule has 21 heavy (non-hydrogen) atoms. The van der Waals surface area contributed by atoms with E-state index in [1.807, 2.05) is 13.8 Å². The predicted molar refractivity (Wildman–Crippen MR) is 68.2 cm³/mol. The number of cyclic esters (lactones) is 1. The number of carboxylic acids is 1. The molecule has 1 saturated carbocycles. The van der Waals surface area contributed by atoms with Gasteiger partial charge in [-0.2, -0.15) is 0 Å². The molecular formula is C15H16O6. The van der Waals surface area contributed by atoms with E-state index in [1.54, 1.807) is 0 Å². The number of allylic oxidation sites excluding steroid dienone is 1. The van der Waals surface area contributed by atoms with Crippen molar-refractivity contribution in [1.82, 2.24) is 0 Å². The number of hydrogen-bond donors (Lipinski definition) is 1. The molecular weight excluding hydrogens is 276 g/mol. The van der Waals surface area contributed by atoms with Gasteiger partial charge >= 0.3 is 11.9 Å². The van der Waals surface area contributed by atoms with Crippen LogP contribution < -0.4 is 0 Å². The lowest BCUT2D eigenvalue weighted by Crippen LogP contribution is -2.56. The second-order valence-electron chi connectivity index (χ2n) is 7.14. The van der Waals surface area contributed by atoms with Crippen molar-refractivity contribution in [3.63, 3.8) is 0 Å². The van der Waals surface area contributed by atoms with Crippen molar-refractivity contribution < 1.29 is 29.0 Å². The number of carbonyl (C=O) groups excluding carboxylic acids is 2. The third kappa shape index (κ3) is 1.22. The molecule has 6 nitrogen and oxygen atoms in total. The minimum absolute atomic E-state index is 0.00618. The Morgan fingerprint density at radius 1 is 1.38 bits per heavy atom. The Labute approximate surface area is 121 Å². The summed E-state index contributed by atoms with van der Waals surface area (Å²) >= 11 is 0. The summed E-state index contributed by atoms with van der Waals surface area (Å²) in [7, 11) is 0. The highest BCUT2D eigenvalue weighted by Gasteiger charge is 2.81. The van der Waals surface area contributed by atoms with Crippen molar-refractivity contribution in [3.05, 3.63) is 11.6 Å². The van der Waals surface area contributed by atoms with Crippen molar-refractivity contribution >= 4 is 17.7 Å². The fourth-order valence-corrected chi connectivity index (χ4v) is 4.78. The summed E-state index contributed by atoms with van der Waals surface area (Å²) in [6.45, 7) is 3.93. The van der Waals surface area contributed by atoms with Crippen LogP contribution in [0, 0.1) is 22.7 Å². The summed E-state index contributed by atoms with van der Waals surface area (Å²) in [5, 5.41) is 9.42. The molecule has 0 aromatic heterocycles. The molecule has 1 N–H and O–H groups in total. The number of ether oxygens (including phenoxy) is 2. The molecule has 0 aromatic rings. The first kappa shape index (κ1) is 13.0. The highest BCUT2D eigenvalue weighted by molar-refractivity contribution is 6.00. The molecule has 0 radical (unpaired) electrons. The SMILES string of the molecule is CC1(C)C[C@@]23[C@H](C=C(C(=O)O)[C@@H]2COC(=O)[C@@]32CO2)C1=O. The zero-order valence-electron chi connectivity index (χ0n) is 11.8. The van der Waals surface area contributed by atoms with Crippen molar-refractivity contribution in [1.29, 1.82) is 0 Å². The highest BCUT2D eigenvalue weighted by atomic mass is 16.6. The van der Waals surface area contributed by atoms with Crippen molar-refractivity contribution in [2.45, 2.75) is 25.9 Å². The topological polar surface area (TPSA) is 93.2 Å². The summed E-state index contributed by atoms with van der Waals surface area (Å²) in [5.74, 6) is -2.54. The standard InChI is InChI=1S/C15H16O6/c1-13(2)5-14-8(10(13)16)3-7(11(17)18)9(14)4-20-12(19)15(14)6-21-15/h3,8-9H,4-6H2,1-2H3,(H,17,18)/t8-,9+,14-,15+/m1/s1. The molecule has 6 heteroatoms. The van der Waals surface area contributed by atoms with E-state index in [2.05, 4.69) is 0 Å². The Morgan fingerprint density at radius 2 is 2.05 bits per heavy atom. The van der Waals surface area contributed by atoms with Gasteiger partial charge in [-0.05, 0) is 6.42 Å². The van der Waals surface area contributed by atoms with Crippen molar-refractivity contribution in [2.24, 2.45) is 22.7 Å². The number of carbonyl (C=O) groups is 3. The number of hydrogen-bond acceptors (Lipinski definition) is 5. The third-order valence-corrected chi connectivity index (χ3v) is 5.73. The van der Waals surface area contributed by atoms with Gasteiger partial charge in [0.25, 0.3) is 0 Å². The van der Waals surface area contributed by atoms with Crippen LogP contribution in [0.25, 0.3) is 0 Å². The fourth-order valence-electron chi connectivity index (χ4n) is 4.78. The van der Waals surface area contributed by atoms with E-state index in [9.17, 15) is 19.5 Å². The lowest BCUT2D eigenvalue weighted by Gasteiger charge is -2.44. The quantitative estimate of drug-likeness (QED) is 0.560. The van der Waals surface area contributed by atoms with Crippen LogP contribution in [0.4, 0.5) is 0 Å². The molecule has 2 aliphatic heterocycles. The predicted octanol–water partition coefficient (Wildman–Crippen LogP) is 0.555. The van der Waals surface area contributed by atoms with Crippen molar-refractivity contribution in [2.75, 3.05) is 13.2 Å². The van der Waals surface area contributed by atoms with E-state index >= 15 is 0 Å². The van der Waals surface area contributed by atoms with E-state index < -0.39 is 40.2 Å². The summed E-state index contributed by atoms with van der Waals surface area (Å²) in [6.07, 6.45) is 1.99. The Hall–Kier alpha value is -1.69. The minimum atomic E-state index is -1.13. The van der Waals surface area contributed by atoms with Gasteiger partial charge in [-0.15, -0.1) is 0 Å². The summed E-state index contributed by atoms with van der Waals surface area (Å²) in [5.41, 5.74) is -2.31. The van der Waals surface area contributed by atoms with Gasteiger partial charge in [0.15, 0.2) is 5.60 Å². The smallest absolute Gasteiger partial charge is 0.341 e. The molecule has 0 aromatic carbocycles. The zero-order chi connectivity index (χ0) is 15.2. The largest absolute Gasteiger partial charge is 0.478 e. The normalized spacial score (nSPS) is 45.9. The van der Waals surface area contributed by atoms with Gasteiger partial charge in [0.2, 0.25) is 0 Å². The highest BCUT2D eigenvalue weighted by Crippen LogP contribution is 2.70. The second kappa shape index (κ2) is 3.38. The Morgan fingerprint density at radius 3 is 2.62 bits per heavy atom. The molecule has 2 saturated heterocycles. The molecule has 3 fully saturated rings. The first-order valence-corrected chi connectivity index (χ1v) is 7.07. The van der Waals surface area contributed by atoms with Crippen LogP contribution >= 0.6 is 0 Å². The lowest BCUT2D eigenvalue weighted by molar-refractivity contribution is -0.174. The van der Waals surface area contributed by atoms with Gasteiger partial charge < -0.3 is 14.6 Å². The molecule has 4 rings (SSSR count). The van der Waals surface area contributed by atoms with E-state index in [0.717, 1.165) is 0 Å². The lowest BCUT2D eigenvalue weighted by atomic mass is 9.61. The maximum Gasteiger partial charge on any atom is 0.341 e. The van der Waals surface area contributed by atoms with Crippen LogP contribution in [0.3, 0.4) is 0 Å². The van der Waals surface area contributed by atoms with Gasteiger partial charge in [-0.25, -0.2) is 9.59 Å². The van der Waals surface area contributed by atoms with E-state index in [-0.39, 0.29) is 24.6 Å². The monoisotopic (exact) mass is 292 g/mol. The summed E-state index contributed by atoms with van der Waals surface area (Å²) in [6, 6.07) is 0. The number of esters is 1. The Bertz CT molecular complexity index is 626. The number of aliphatic carboxylic acids is 1. The second-order valence-corrected chi connectivity index (χ2v) is 7.14. The summed E-state index contributed by atoms with van der Waals surface area (Å²) < 4.78 is 10.7. The average Bonchev–Trinajstić information content (AvgIpc) is 3.08. The van der Waals surface area contributed by atoms with Crippen LogP contribution in [0.5, 0.6) is 0 Å². The van der Waals surface area contributed by atoms with Gasteiger partial charge in [0.1, 0.15) is 5.78 Å². The molecule has 0 amide bonds. The number of carboxylic acid groups (broad SMARTS) is 1. The maximum absolute atomic E-state index is 12.7. The molecule has 0 unspecified atom stereocenters. The van der Waals surface area contributed by atoms with E-state index in [4.69, 9.17) is 9.47 Å². The first-order chi connectivity index (χ1) is 9.76. The Balaban J connectivity index is 1.93. The molecule has 112 valence electrons. The van der Waals surface area contributed by atoms with Gasteiger partial charge in [0, 0.05) is 28.2 Å². The van der Waals surface area contributed by atoms with E-state index in [1.165, 1.54) is 6.08 Å². The number of epoxide rings is 1. The molecule has 0 bridgehead atoms. The molecule has 4 aliphatic rings. The number of ketones is 1. The van der Waals surface area contributed by atoms with Gasteiger partial charge in [-0.3, -0.25) is 4.79 Å². The molecule has 2 aliphatic carbocycles. The van der Waals surface area contributed by atoms with Crippen LogP contribution in [-0.4, -0.2) is 41.6 Å². The minimum Gasteiger partial charge on any atom is -0.478 e. The summed E-state index contributed by atoms with van der Waals surface area (Å²) in [4.78, 5) is 36.4. The molecule has 2 heterocycles. The third-order valence-electron chi connectivity index (χ3n) is 5.73. The van der Waals surface area contributed by atoms with Gasteiger partial charge in [0.05, 0.1) is 13.2 Å². The fraction of sp³-hybridized carbons (Fsp3) is 0.667. The Kier molecular flexibility index (Phi) is 2.09. The van der Waals surface area contributed by atoms with Crippen LogP contribution in [0.2, 0.25) is 0 Å². The van der Waals surface area contributed by atoms with Crippen LogP contribution in [0.15, 0.2) is 11.6 Å². The zero-order valence-corrected chi connectivity index (χ0v) is 11.8. The maximum atomic E-state index is 12.7. The van der Waals surface area contributed by atoms with Crippen LogP contribution in [-0.2, 0) is 23.9 Å². The van der Waals surface area contributed by atoms with E-state index in [0.29, 0.717) is 6.42 Å². The average molecular weight is 292 g/mol. The molecule has 2 spiro atoms. The number of rotatable bonds is 1. The van der Waals surface area contributed by atoms with Crippen LogP contribution in [0.1, 0.15) is 20.3 Å².